The van der Waals surface area contributed by atoms with E-state index in [4.69, 9.17) is 42.1 Å². The number of nitrogens with one attached hydrogen (secondary N) is 1. The maximum absolute atomic E-state index is 12.1. The van der Waals surface area contributed by atoms with Crippen molar-refractivity contribution in [2.75, 3.05) is 49.7 Å². The predicted octanol–water partition coefficient (Wildman–Crippen LogP) is 14.0. The molecule has 0 aliphatic carbocycles. The van der Waals surface area contributed by atoms with Crippen molar-refractivity contribution < 1.29 is 27.4 Å². The summed E-state index contributed by atoms with van der Waals surface area (Å²) in [4.78, 5) is 16.9. The number of aryl methyl sites for hydroxylation is 2. The van der Waals surface area contributed by atoms with Gasteiger partial charge in [-0.15, -0.1) is 0 Å². The Hall–Kier alpha value is -8.99. The van der Waals surface area contributed by atoms with Crippen LogP contribution in [0.2, 0.25) is 10.0 Å². The van der Waals surface area contributed by atoms with Crippen molar-refractivity contribution in [2.24, 2.45) is 0 Å². The van der Waals surface area contributed by atoms with Crippen LogP contribution in [0.1, 0.15) is 50.5 Å². The standard InChI is InChI=1S/C34H31ClN4O4S.C31H27ClN4O2/c1-22-12-32-29(13-25(22)14-36)31(19-39(32)26-20-44(40,41)21-26)30-15-37-16-33(34(30)35)38(17-23-4-8-27(42-2)9-5-23)18-24-6-10-28(43-3)11-7-24;1-20-12-29-26(13-23(20)14-33)27(16-35-29)28-15-34-17-30(31(28)32)36(18-21-4-8-24(37-2)9-5-21)19-22-6-10-25(38-3)11-7-22/h4-13,15-16,19,26H,17-18,20-21H2,1-3H3;4-13,15-17,35H,18-19H2,1-3H3. The molecule has 5 heterocycles. The van der Waals surface area contributed by atoms with Crippen LogP contribution in [0.3, 0.4) is 0 Å². The molecule has 1 aliphatic rings. The maximum atomic E-state index is 12.1. The number of aromatic amines is 1. The minimum Gasteiger partial charge on any atom is -0.497 e. The Morgan fingerprint density at radius 2 is 0.951 bits per heavy atom. The van der Waals surface area contributed by atoms with Crippen molar-refractivity contribution in [2.45, 2.75) is 46.1 Å². The van der Waals surface area contributed by atoms with Crippen molar-refractivity contribution in [1.29, 1.82) is 10.5 Å². The van der Waals surface area contributed by atoms with Gasteiger partial charge in [0.2, 0.25) is 0 Å². The Bertz CT molecular complexity index is 4040. The molecule has 1 aliphatic heterocycles. The van der Waals surface area contributed by atoms with Gasteiger partial charge in [0.1, 0.15) is 23.0 Å². The van der Waals surface area contributed by atoms with E-state index in [1.165, 1.54) is 0 Å². The molecular weight excluding hydrogens is 1090 g/mol. The van der Waals surface area contributed by atoms with Gasteiger partial charge in [0.05, 0.1) is 103 Å². The van der Waals surface area contributed by atoms with E-state index in [0.717, 1.165) is 106 Å². The number of anilines is 2. The Labute approximate surface area is 487 Å². The average Bonchev–Trinajstić information content (AvgIpc) is 2.54. The van der Waals surface area contributed by atoms with E-state index >= 15 is 0 Å². The number of halogens is 2. The van der Waals surface area contributed by atoms with Gasteiger partial charge in [-0.05, 0) is 120 Å². The Morgan fingerprint density at radius 3 is 1.34 bits per heavy atom. The fourth-order valence-electron chi connectivity index (χ4n) is 10.3. The molecule has 6 aromatic carbocycles. The molecule has 0 saturated carbocycles. The van der Waals surface area contributed by atoms with Crippen LogP contribution in [0.15, 0.2) is 159 Å². The maximum Gasteiger partial charge on any atom is 0.154 e. The Balaban J connectivity index is 0.000000186. The normalized spacial score (nSPS) is 12.6. The zero-order valence-electron chi connectivity index (χ0n) is 46.1. The monoisotopic (exact) mass is 1150 g/mol. The average molecular weight is 1150 g/mol. The van der Waals surface area contributed by atoms with E-state index < -0.39 is 9.84 Å². The number of methoxy groups -OCH3 is 4. The summed E-state index contributed by atoms with van der Waals surface area (Å²) in [5.74, 6) is 3.34. The first-order valence-corrected chi connectivity index (χ1v) is 28.8. The zero-order chi connectivity index (χ0) is 57.7. The molecule has 0 spiro atoms. The highest BCUT2D eigenvalue weighted by molar-refractivity contribution is 7.92. The first-order chi connectivity index (χ1) is 39.7. The Morgan fingerprint density at radius 1 is 0.561 bits per heavy atom. The molecule has 0 bridgehead atoms. The third kappa shape index (κ3) is 12.0. The summed E-state index contributed by atoms with van der Waals surface area (Å²) >= 11 is 14.4. The van der Waals surface area contributed by atoms with Crippen LogP contribution in [-0.2, 0) is 36.0 Å². The summed E-state index contributed by atoms with van der Waals surface area (Å²) in [6.07, 6.45) is 11.0. The molecule has 17 heteroatoms. The fourth-order valence-corrected chi connectivity index (χ4v) is 12.3. The number of nitriles is 2. The minimum absolute atomic E-state index is 0.0821. The number of hydrogen-bond acceptors (Lipinski definition) is 12. The number of sulfone groups is 1. The van der Waals surface area contributed by atoms with E-state index in [9.17, 15) is 18.9 Å². The lowest BCUT2D eigenvalue weighted by Gasteiger charge is -2.28. The molecule has 0 atom stereocenters. The highest BCUT2D eigenvalue weighted by Gasteiger charge is 2.36. The van der Waals surface area contributed by atoms with Crippen molar-refractivity contribution in [1.82, 2.24) is 19.5 Å². The number of nitrogens with zero attached hydrogens (tertiary/aromatic N) is 7. The number of fused-ring (bicyclic) bond motifs is 2. The van der Waals surface area contributed by atoms with Crippen molar-refractivity contribution in [3.05, 3.63) is 213 Å². The van der Waals surface area contributed by atoms with Crippen molar-refractivity contribution in [3.8, 4) is 57.4 Å². The van der Waals surface area contributed by atoms with Gasteiger partial charge >= 0.3 is 0 Å². The van der Waals surface area contributed by atoms with Gasteiger partial charge in [-0.3, -0.25) is 9.97 Å². The molecule has 4 aromatic heterocycles. The van der Waals surface area contributed by atoms with Crippen LogP contribution in [0.25, 0.3) is 44.1 Å². The Kier molecular flexibility index (Phi) is 16.7. The predicted molar refractivity (Wildman–Crippen MR) is 325 cm³/mol. The number of H-pyrrole nitrogens is 1. The topological polar surface area (TPSA) is 172 Å². The first-order valence-electron chi connectivity index (χ1n) is 26.3. The van der Waals surface area contributed by atoms with E-state index in [-0.39, 0.29) is 17.5 Å². The summed E-state index contributed by atoms with van der Waals surface area (Å²) in [6.45, 7) is 6.17. The van der Waals surface area contributed by atoms with Gasteiger partial charge < -0.3 is 38.3 Å². The molecule has 414 valence electrons. The lowest BCUT2D eigenvalue weighted by Crippen LogP contribution is -2.37. The third-order valence-corrected chi connectivity index (χ3v) is 17.4. The summed E-state index contributed by atoms with van der Waals surface area (Å²) in [5.41, 5.74) is 13.9. The van der Waals surface area contributed by atoms with Gasteiger partial charge in [0, 0.05) is 95.0 Å². The van der Waals surface area contributed by atoms with E-state index in [0.29, 0.717) is 52.9 Å². The minimum atomic E-state index is -3.05. The van der Waals surface area contributed by atoms with E-state index in [2.05, 4.69) is 61.2 Å². The summed E-state index contributed by atoms with van der Waals surface area (Å²) in [7, 11) is 3.55. The zero-order valence-corrected chi connectivity index (χ0v) is 48.4. The van der Waals surface area contributed by atoms with E-state index in [1.807, 2.05) is 128 Å². The highest BCUT2D eigenvalue weighted by atomic mass is 35.5. The first kappa shape index (κ1) is 56.3. The molecule has 11 rings (SSSR count). The second-order valence-electron chi connectivity index (χ2n) is 20.1. The van der Waals surface area contributed by atoms with Gasteiger partial charge in [-0.25, -0.2) is 8.42 Å². The van der Waals surface area contributed by atoms with Crippen LogP contribution >= 0.6 is 23.2 Å². The largest absolute Gasteiger partial charge is 0.497 e. The van der Waals surface area contributed by atoms with Crippen LogP contribution in [0, 0.1) is 36.5 Å². The molecule has 0 radical (unpaired) electrons. The van der Waals surface area contributed by atoms with Crippen molar-refractivity contribution in [3.63, 3.8) is 0 Å². The summed E-state index contributed by atoms with van der Waals surface area (Å²) < 4.78 is 47.6. The molecule has 82 heavy (non-hydrogen) atoms. The van der Waals surface area contributed by atoms with E-state index in [1.54, 1.807) is 53.2 Å². The summed E-state index contributed by atoms with van der Waals surface area (Å²) in [6, 6.07) is 44.0. The number of aromatic nitrogens is 4. The molecule has 1 fully saturated rings. The number of hydrogen-bond donors (Lipinski definition) is 1. The van der Waals surface area contributed by atoms with Gasteiger partial charge in [-0.2, -0.15) is 10.5 Å². The highest BCUT2D eigenvalue weighted by Crippen LogP contribution is 2.44. The quantitative estimate of drug-likeness (QED) is 0.0916. The number of rotatable bonds is 17. The molecule has 14 nitrogen and oxygen atoms in total. The van der Waals surface area contributed by atoms with Crippen LogP contribution in [-0.4, -0.2) is 67.9 Å². The molecule has 10 aromatic rings. The van der Waals surface area contributed by atoms with Crippen LogP contribution in [0.5, 0.6) is 23.0 Å². The smallest absolute Gasteiger partial charge is 0.154 e. The van der Waals surface area contributed by atoms with Gasteiger partial charge in [0.25, 0.3) is 0 Å². The molecular formula is C65H58Cl2N8O6S. The van der Waals surface area contributed by atoms with Gasteiger partial charge in [0.15, 0.2) is 9.84 Å². The summed E-state index contributed by atoms with van der Waals surface area (Å²) in [5, 5.41) is 22.3. The lowest BCUT2D eigenvalue weighted by molar-refractivity contribution is 0.414. The number of pyridine rings is 2. The molecule has 0 amide bonds. The third-order valence-electron chi connectivity index (χ3n) is 14.8. The van der Waals surface area contributed by atoms with Gasteiger partial charge in [-0.1, -0.05) is 71.7 Å². The number of ether oxygens (including phenoxy) is 4. The van der Waals surface area contributed by atoms with Crippen LogP contribution in [0.4, 0.5) is 11.4 Å². The SMILES string of the molecule is COc1ccc(CN(Cc2ccc(OC)cc2)c2cncc(-c3c[nH]c4cc(C)c(C#N)cc34)c2Cl)cc1.COc1ccc(CN(Cc2ccc(OC)cc2)c2cncc(-c3cn(C4CS(=O)(=O)C4)c4cc(C)c(C#N)cc34)c2Cl)cc1. The molecule has 0 unspecified atom stereocenters. The lowest BCUT2D eigenvalue weighted by atomic mass is 10.0. The van der Waals surface area contributed by atoms with Crippen molar-refractivity contribution >= 4 is 66.2 Å². The molecule has 1 N–H and O–H groups in total. The second kappa shape index (κ2) is 24.4. The van der Waals surface area contributed by atoms with Crippen LogP contribution < -0.4 is 28.7 Å². The fraction of sp³-hybridized carbons (Fsp3) is 0.200. The number of benzene rings is 6. The second-order valence-corrected chi connectivity index (χ2v) is 23.1. The molecule has 1 saturated heterocycles.